The van der Waals surface area contributed by atoms with Crippen molar-refractivity contribution in [2.45, 2.75) is 26.9 Å². The number of hydrogen-bond acceptors (Lipinski definition) is 3. The molecule has 2 rings (SSSR count). The molecule has 2 aromatic rings. The number of aryl methyl sites for hydroxylation is 2. The molecule has 0 aromatic carbocycles. The van der Waals surface area contributed by atoms with Crippen LogP contribution in [0.1, 0.15) is 28.1 Å². The van der Waals surface area contributed by atoms with E-state index in [1.165, 1.54) is 0 Å². The van der Waals surface area contributed by atoms with Crippen molar-refractivity contribution in [1.82, 2.24) is 14.9 Å². The maximum Gasteiger partial charge on any atom is 0.268 e. The lowest BCUT2D eigenvalue weighted by atomic mass is 10.3. The number of aromatic nitrogens is 2. The lowest BCUT2D eigenvalue weighted by Gasteiger charge is -2.06. The fraction of sp³-hybridized carbons (Fsp3) is 0.333. The van der Waals surface area contributed by atoms with Crippen LogP contribution in [0.3, 0.4) is 0 Å². The first-order valence-electron chi connectivity index (χ1n) is 5.65. The van der Waals surface area contributed by atoms with Crippen LogP contribution in [-0.4, -0.2) is 15.5 Å². The number of nitrogens with zero attached hydrogens (tertiary/aromatic N) is 2. The summed E-state index contributed by atoms with van der Waals surface area (Å²) in [5, 5.41) is 5.86. The third kappa shape index (κ3) is 3.00. The average molecular weight is 328 g/mol. The minimum absolute atomic E-state index is 0.0757. The van der Waals surface area contributed by atoms with E-state index >= 15 is 0 Å². The number of halogens is 1. The molecule has 0 fully saturated rings. The summed E-state index contributed by atoms with van der Waals surface area (Å²) in [5.74, 6) is -0.0757. The summed E-state index contributed by atoms with van der Waals surface area (Å²) in [4.78, 5) is 16.4. The van der Waals surface area contributed by atoms with Gasteiger partial charge in [-0.2, -0.15) is 0 Å². The van der Waals surface area contributed by atoms with E-state index in [9.17, 15) is 4.79 Å². The summed E-state index contributed by atoms with van der Waals surface area (Å²) in [6.45, 7) is 5.20. The molecular formula is C12H14BrN3OS. The van der Waals surface area contributed by atoms with Crippen molar-refractivity contribution in [2.75, 3.05) is 0 Å². The average Bonchev–Trinajstić information content (AvgIpc) is 2.92. The van der Waals surface area contributed by atoms with Crippen LogP contribution in [0.5, 0.6) is 0 Å². The van der Waals surface area contributed by atoms with Crippen molar-refractivity contribution in [3.63, 3.8) is 0 Å². The van der Waals surface area contributed by atoms with Crippen LogP contribution in [-0.2, 0) is 13.1 Å². The zero-order chi connectivity index (χ0) is 13.1. The zero-order valence-corrected chi connectivity index (χ0v) is 12.6. The van der Waals surface area contributed by atoms with E-state index in [1.807, 2.05) is 36.1 Å². The van der Waals surface area contributed by atoms with Crippen LogP contribution in [0.15, 0.2) is 22.1 Å². The highest BCUT2D eigenvalue weighted by molar-refractivity contribution is 9.10. The van der Waals surface area contributed by atoms with Crippen molar-refractivity contribution >= 4 is 33.2 Å². The summed E-state index contributed by atoms with van der Waals surface area (Å²) in [6.07, 6.45) is 1.90. The van der Waals surface area contributed by atoms with E-state index in [0.717, 1.165) is 21.7 Å². The van der Waals surface area contributed by atoms with E-state index in [0.29, 0.717) is 12.2 Å². The highest BCUT2D eigenvalue weighted by Gasteiger charge is 2.12. The van der Waals surface area contributed by atoms with Gasteiger partial charge in [0.25, 0.3) is 5.91 Å². The standard InChI is InChI=1S/C12H14BrN3OS/c1-3-16-6-9(13)4-11(16)12(17)14-5-10-7-18-8(2)15-10/h4,6-7H,3,5H2,1-2H3,(H,14,17). The predicted molar refractivity (Wildman–Crippen MR) is 75.8 cm³/mol. The number of rotatable bonds is 4. The number of carbonyl (C=O) groups excluding carboxylic acids is 1. The van der Waals surface area contributed by atoms with Crippen LogP contribution in [0, 0.1) is 6.92 Å². The lowest BCUT2D eigenvalue weighted by Crippen LogP contribution is -2.25. The first-order valence-corrected chi connectivity index (χ1v) is 7.32. The van der Waals surface area contributed by atoms with Crippen molar-refractivity contribution in [3.8, 4) is 0 Å². The van der Waals surface area contributed by atoms with E-state index < -0.39 is 0 Å². The molecule has 0 spiro atoms. The molecule has 0 unspecified atom stereocenters. The van der Waals surface area contributed by atoms with Gasteiger partial charge in [-0.25, -0.2) is 4.98 Å². The van der Waals surface area contributed by atoms with Gasteiger partial charge in [0, 0.05) is 22.6 Å². The third-order valence-corrected chi connectivity index (χ3v) is 3.79. The normalized spacial score (nSPS) is 10.6. The molecule has 0 saturated carbocycles. The molecule has 6 heteroatoms. The van der Waals surface area contributed by atoms with Crippen molar-refractivity contribution in [2.24, 2.45) is 0 Å². The maximum absolute atomic E-state index is 12.0. The highest BCUT2D eigenvalue weighted by Crippen LogP contribution is 2.15. The maximum atomic E-state index is 12.0. The second-order valence-corrected chi connectivity index (χ2v) is 5.85. The Morgan fingerprint density at radius 3 is 3.00 bits per heavy atom. The second-order valence-electron chi connectivity index (χ2n) is 3.87. The van der Waals surface area contributed by atoms with Crippen LogP contribution in [0.25, 0.3) is 0 Å². The van der Waals surface area contributed by atoms with Gasteiger partial charge in [0.1, 0.15) is 5.69 Å². The Balaban J connectivity index is 2.03. The number of nitrogens with one attached hydrogen (secondary N) is 1. The molecule has 2 aromatic heterocycles. The lowest BCUT2D eigenvalue weighted by molar-refractivity contribution is 0.0941. The van der Waals surface area contributed by atoms with Gasteiger partial charge in [0.2, 0.25) is 0 Å². The predicted octanol–water partition coefficient (Wildman–Crippen LogP) is 2.97. The molecule has 1 amide bonds. The van der Waals surface area contributed by atoms with Gasteiger partial charge >= 0.3 is 0 Å². The van der Waals surface area contributed by atoms with Gasteiger partial charge in [-0.3, -0.25) is 4.79 Å². The molecule has 2 heterocycles. The van der Waals surface area contributed by atoms with Crippen LogP contribution < -0.4 is 5.32 Å². The quantitative estimate of drug-likeness (QED) is 0.938. The molecule has 1 N–H and O–H groups in total. The molecule has 18 heavy (non-hydrogen) atoms. The zero-order valence-electron chi connectivity index (χ0n) is 10.2. The molecular weight excluding hydrogens is 314 g/mol. The monoisotopic (exact) mass is 327 g/mol. The van der Waals surface area contributed by atoms with Gasteiger partial charge in [0.15, 0.2) is 0 Å². The Kier molecular flexibility index (Phi) is 4.19. The summed E-state index contributed by atoms with van der Waals surface area (Å²) in [7, 11) is 0. The topological polar surface area (TPSA) is 46.9 Å². The number of amides is 1. The Morgan fingerprint density at radius 2 is 2.39 bits per heavy atom. The molecule has 0 saturated heterocycles. The highest BCUT2D eigenvalue weighted by atomic mass is 79.9. The first kappa shape index (κ1) is 13.3. The van der Waals surface area contributed by atoms with Crippen molar-refractivity contribution in [3.05, 3.63) is 38.5 Å². The van der Waals surface area contributed by atoms with E-state index in [1.54, 1.807) is 11.3 Å². The first-order chi connectivity index (χ1) is 8.60. The molecule has 4 nitrogen and oxygen atoms in total. The Labute approximate surface area is 118 Å². The molecule has 96 valence electrons. The fourth-order valence-electron chi connectivity index (χ4n) is 1.68. The smallest absolute Gasteiger partial charge is 0.268 e. The van der Waals surface area contributed by atoms with Crippen LogP contribution in [0.4, 0.5) is 0 Å². The molecule has 0 aliphatic heterocycles. The SMILES string of the molecule is CCn1cc(Br)cc1C(=O)NCc1csc(C)n1. The van der Waals surface area contributed by atoms with E-state index in [4.69, 9.17) is 0 Å². The summed E-state index contributed by atoms with van der Waals surface area (Å²) in [6, 6.07) is 1.82. The largest absolute Gasteiger partial charge is 0.345 e. The molecule has 0 atom stereocenters. The minimum atomic E-state index is -0.0757. The minimum Gasteiger partial charge on any atom is -0.345 e. The molecule has 0 radical (unpaired) electrons. The van der Waals surface area contributed by atoms with Gasteiger partial charge in [-0.15, -0.1) is 11.3 Å². The Morgan fingerprint density at radius 1 is 1.61 bits per heavy atom. The molecule has 0 aliphatic rings. The van der Waals surface area contributed by atoms with Crippen LogP contribution >= 0.6 is 27.3 Å². The number of hydrogen-bond donors (Lipinski definition) is 1. The summed E-state index contributed by atoms with van der Waals surface area (Å²) < 4.78 is 2.82. The number of carbonyl (C=O) groups is 1. The van der Waals surface area contributed by atoms with Gasteiger partial charge < -0.3 is 9.88 Å². The number of thiazole rings is 1. The van der Waals surface area contributed by atoms with Gasteiger partial charge in [-0.1, -0.05) is 0 Å². The Bertz CT molecular complexity index is 561. The van der Waals surface area contributed by atoms with E-state index in [2.05, 4.69) is 26.2 Å². The van der Waals surface area contributed by atoms with Gasteiger partial charge in [0.05, 0.1) is 17.2 Å². The van der Waals surface area contributed by atoms with E-state index in [-0.39, 0.29) is 5.91 Å². The molecule has 0 bridgehead atoms. The fourth-order valence-corrected chi connectivity index (χ4v) is 2.75. The Hall–Kier alpha value is -1.14. The van der Waals surface area contributed by atoms with Gasteiger partial charge in [-0.05, 0) is 35.8 Å². The molecule has 0 aliphatic carbocycles. The van der Waals surface area contributed by atoms with Crippen LogP contribution in [0.2, 0.25) is 0 Å². The van der Waals surface area contributed by atoms with Crippen molar-refractivity contribution < 1.29 is 4.79 Å². The summed E-state index contributed by atoms with van der Waals surface area (Å²) >= 11 is 4.97. The third-order valence-electron chi connectivity index (χ3n) is 2.53. The second kappa shape index (κ2) is 5.67. The summed E-state index contributed by atoms with van der Waals surface area (Å²) in [5.41, 5.74) is 1.57. The van der Waals surface area contributed by atoms with Crippen molar-refractivity contribution in [1.29, 1.82) is 0 Å².